The monoisotopic (exact) mass is 210 g/mol. The Bertz CT molecular complexity index is 315. The number of rotatable bonds is 2. The van der Waals surface area contributed by atoms with Crippen molar-refractivity contribution in [2.24, 2.45) is 11.8 Å². The summed E-state index contributed by atoms with van der Waals surface area (Å²) in [6.07, 6.45) is 5.56. The number of carbonyl (C=O) groups excluding carboxylic acids is 2. The number of hydrogen-bond acceptors (Lipinski definition) is 4. The first-order valence-electron chi connectivity index (χ1n) is 5.09. The maximum absolute atomic E-state index is 11.0. The van der Waals surface area contributed by atoms with Crippen molar-refractivity contribution in [3.8, 4) is 0 Å². The SMILES string of the molecule is CC(=O)OC1(OC(C)=O)CC2C=CC1C2. The van der Waals surface area contributed by atoms with Crippen LogP contribution in [0.3, 0.4) is 0 Å². The van der Waals surface area contributed by atoms with Crippen LogP contribution < -0.4 is 0 Å². The van der Waals surface area contributed by atoms with Gasteiger partial charge in [-0.05, 0) is 12.3 Å². The van der Waals surface area contributed by atoms with Gasteiger partial charge in [0.2, 0.25) is 0 Å². The summed E-state index contributed by atoms with van der Waals surface area (Å²) in [5.41, 5.74) is 0. The first kappa shape index (κ1) is 10.2. The predicted octanol–water partition coefficient (Wildman–Crippen LogP) is 1.40. The van der Waals surface area contributed by atoms with E-state index in [1.54, 1.807) is 0 Å². The maximum Gasteiger partial charge on any atom is 0.305 e. The molecule has 0 spiro atoms. The molecule has 0 aromatic carbocycles. The third-order valence-corrected chi connectivity index (χ3v) is 2.92. The highest BCUT2D eigenvalue weighted by molar-refractivity contribution is 5.69. The van der Waals surface area contributed by atoms with E-state index in [0.717, 1.165) is 6.42 Å². The zero-order chi connectivity index (χ0) is 11.1. The van der Waals surface area contributed by atoms with E-state index < -0.39 is 17.7 Å². The molecule has 4 nitrogen and oxygen atoms in total. The van der Waals surface area contributed by atoms with E-state index in [-0.39, 0.29) is 5.92 Å². The van der Waals surface area contributed by atoms with Crippen LogP contribution in [0.2, 0.25) is 0 Å². The molecule has 0 saturated heterocycles. The van der Waals surface area contributed by atoms with Crippen LogP contribution in [0, 0.1) is 11.8 Å². The topological polar surface area (TPSA) is 52.6 Å². The van der Waals surface area contributed by atoms with Gasteiger partial charge in [0.25, 0.3) is 5.79 Å². The largest absolute Gasteiger partial charge is 0.422 e. The average Bonchev–Trinajstić information content (AvgIpc) is 2.59. The lowest BCUT2D eigenvalue weighted by molar-refractivity contribution is -0.235. The van der Waals surface area contributed by atoms with Crippen molar-refractivity contribution in [2.45, 2.75) is 32.5 Å². The summed E-state index contributed by atoms with van der Waals surface area (Å²) in [5, 5.41) is 0. The van der Waals surface area contributed by atoms with Gasteiger partial charge in [-0.3, -0.25) is 9.59 Å². The lowest BCUT2D eigenvalue weighted by Gasteiger charge is -2.33. The molecular formula is C11H14O4. The molecule has 0 aromatic heterocycles. The Morgan fingerprint density at radius 1 is 1.20 bits per heavy atom. The molecule has 2 aliphatic rings. The van der Waals surface area contributed by atoms with Crippen molar-refractivity contribution in [3.63, 3.8) is 0 Å². The molecule has 0 N–H and O–H groups in total. The Morgan fingerprint density at radius 2 is 1.80 bits per heavy atom. The number of ether oxygens (including phenoxy) is 2. The molecule has 0 radical (unpaired) electrons. The van der Waals surface area contributed by atoms with Gasteiger partial charge in [-0.25, -0.2) is 0 Å². The molecule has 1 fully saturated rings. The van der Waals surface area contributed by atoms with Crippen LogP contribution in [0.5, 0.6) is 0 Å². The van der Waals surface area contributed by atoms with Crippen molar-refractivity contribution >= 4 is 11.9 Å². The third-order valence-electron chi connectivity index (χ3n) is 2.92. The van der Waals surface area contributed by atoms with Gasteiger partial charge < -0.3 is 9.47 Å². The fraction of sp³-hybridized carbons (Fsp3) is 0.636. The fourth-order valence-electron chi connectivity index (χ4n) is 2.51. The fourth-order valence-corrected chi connectivity index (χ4v) is 2.51. The van der Waals surface area contributed by atoms with E-state index in [9.17, 15) is 9.59 Å². The average molecular weight is 210 g/mol. The Balaban J connectivity index is 2.20. The Morgan fingerprint density at radius 3 is 2.13 bits per heavy atom. The summed E-state index contributed by atoms with van der Waals surface area (Å²) in [7, 11) is 0. The van der Waals surface area contributed by atoms with Gasteiger partial charge in [-0.2, -0.15) is 0 Å². The van der Waals surface area contributed by atoms with Gasteiger partial charge in [0.1, 0.15) is 0 Å². The standard InChI is InChI=1S/C11H14O4/c1-7(12)14-11(15-8(2)13)6-9-3-4-10(11)5-9/h3-4,9-10H,5-6H2,1-2H3. The summed E-state index contributed by atoms with van der Waals surface area (Å²) in [5.74, 6) is -1.45. The molecule has 0 heterocycles. The van der Waals surface area contributed by atoms with Crippen LogP contribution >= 0.6 is 0 Å². The second-order valence-corrected chi connectivity index (χ2v) is 4.19. The van der Waals surface area contributed by atoms with Gasteiger partial charge in [-0.1, -0.05) is 12.2 Å². The number of hydrogen-bond donors (Lipinski definition) is 0. The predicted molar refractivity (Wildman–Crippen MR) is 51.6 cm³/mol. The molecule has 0 amide bonds. The number of allylic oxidation sites excluding steroid dienone is 1. The smallest absolute Gasteiger partial charge is 0.305 e. The maximum atomic E-state index is 11.0. The summed E-state index contributed by atoms with van der Waals surface area (Å²) in [6.45, 7) is 2.67. The highest BCUT2D eigenvalue weighted by Gasteiger charge is 2.54. The number of esters is 2. The Labute approximate surface area is 88.2 Å². The molecule has 2 unspecified atom stereocenters. The van der Waals surface area contributed by atoms with E-state index in [4.69, 9.17) is 9.47 Å². The normalized spacial score (nSPS) is 30.3. The molecule has 15 heavy (non-hydrogen) atoms. The van der Waals surface area contributed by atoms with E-state index >= 15 is 0 Å². The first-order valence-corrected chi connectivity index (χ1v) is 5.09. The molecule has 4 heteroatoms. The first-order chi connectivity index (χ1) is 7.02. The zero-order valence-electron chi connectivity index (χ0n) is 8.86. The minimum absolute atomic E-state index is 0.0234. The van der Waals surface area contributed by atoms with Crippen LogP contribution in [0.4, 0.5) is 0 Å². The number of fused-ring (bicyclic) bond motifs is 2. The van der Waals surface area contributed by atoms with Crippen molar-refractivity contribution in [1.29, 1.82) is 0 Å². The van der Waals surface area contributed by atoms with Crippen molar-refractivity contribution in [3.05, 3.63) is 12.2 Å². The Kier molecular flexibility index (Phi) is 2.29. The van der Waals surface area contributed by atoms with Gasteiger partial charge in [-0.15, -0.1) is 0 Å². The van der Waals surface area contributed by atoms with Crippen molar-refractivity contribution in [2.75, 3.05) is 0 Å². The summed E-state index contributed by atoms with van der Waals surface area (Å²) in [4.78, 5) is 22.1. The Hall–Kier alpha value is -1.32. The highest BCUT2D eigenvalue weighted by Crippen LogP contribution is 2.49. The molecule has 2 rings (SSSR count). The van der Waals surface area contributed by atoms with Crippen molar-refractivity contribution < 1.29 is 19.1 Å². The van der Waals surface area contributed by atoms with Crippen LogP contribution in [-0.4, -0.2) is 17.7 Å². The molecule has 82 valence electrons. The minimum atomic E-state index is -1.03. The van der Waals surface area contributed by atoms with Gasteiger partial charge in [0, 0.05) is 20.3 Å². The summed E-state index contributed by atoms with van der Waals surface area (Å²) in [6, 6.07) is 0. The van der Waals surface area contributed by atoms with E-state index in [0.29, 0.717) is 12.3 Å². The number of carbonyl (C=O) groups is 2. The van der Waals surface area contributed by atoms with E-state index in [2.05, 4.69) is 6.08 Å². The molecule has 2 aliphatic carbocycles. The van der Waals surface area contributed by atoms with Crippen LogP contribution in [0.15, 0.2) is 12.2 Å². The van der Waals surface area contributed by atoms with E-state index in [1.807, 2.05) is 6.08 Å². The minimum Gasteiger partial charge on any atom is -0.422 e. The summed E-state index contributed by atoms with van der Waals surface area (Å²) >= 11 is 0. The highest BCUT2D eigenvalue weighted by atomic mass is 16.7. The lowest BCUT2D eigenvalue weighted by atomic mass is 10.00. The van der Waals surface area contributed by atoms with Gasteiger partial charge in [0.05, 0.1) is 5.92 Å². The molecule has 0 aromatic rings. The van der Waals surface area contributed by atoms with Gasteiger partial charge >= 0.3 is 11.9 Å². The second kappa shape index (κ2) is 3.36. The molecular weight excluding hydrogens is 196 g/mol. The van der Waals surface area contributed by atoms with Crippen molar-refractivity contribution in [1.82, 2.24) is 0 Å². The van der Waals surface area contributed by atoms with Crippen LogP contribution in [0.1, 0.15) is 26.7 Å². The molecule has 0 aliphatic heterocycles. The van der Waals surface area contributed by atoms with E-state index in [1.165, 1.54) is 13.8 Å². The summed E-state index contributed by atoms with van der Waals surface area (Å²) < 4.78 is 10.4. The van der Waals surface area contributed by atoms with Crippen LogP contribution in [-0.2, 0) is 19.1 Å². The molecule has 1 saturated carbocycles. The van der Waals surface area contributed by atoms with Gasteiger partial charge in [0.15, 0.2) is 0 Å². The quantitative estimate of drug-likeness (QED) is 0.393. The van der Waals surface area contributed by atoms with Crippen LogP contribution in [0.25, 0.3) is 0 Å². The molecule has 2 atom stereocenters. The zero-order valence-corrected chi connectivity index (χ0v) is 8.86. The third kappa shape index (κ3) is 1.76. The molecule has 2 bridgehead atoms. The second-order valence-electron chi connectivity index (χ2n) is 4.19. The lowest BCUT2D eigenvalue weighted by Crippen LogP contribution is -2.42.